The lowest BCUT2D eigenvalue weighted by Gasteiger charge is -2.26. The summed E-state index contributed by atoms with van der Waals surface area (Å²) in [6, 6.07) is 6.64. The molecule has 1 aliphatic heterocycles. The number of amides is 2. The minimum Gasteiger partial charge on any atom is -0.493 e. The molecule has 0 aromatic heterocycles. The molecule has 0 aliphatic carbocycles. The van der Waals surface area contributed by atoms with Crippen molar-refractivity contribution >= 4 is 12.0 Å². The fourth-order valence-corrected chi connectivity index (χ4v) is 2.60. The first-order valence-corrected chi connectivity index (χ1v) is 8.51. The van der Waals surface area contributed by atoms with Crippen LogP contribution in [0.5, 0.6) is 11.5 Å². The Hall–Kier alpha value is -2.74. The summed E-state index contributed by atoms with van der Waals surface area (Å²) in [6.45, 7) is 5.01. The van der Waals surface area contributed by atoms with Gasteiger partial charge in [-0.25, -0.2) is 9.59 Å². The minimum absolute atomic E-state index is 0.274. The lowest BCUT2D eigenvalue weighted by molar-refractivity contribution is -0.139. The van der Waals surface area contributed by atoms with Gasteiger partial charge in [0, 0.05) is 18.8 Å². The first-order valence-electron chi connectivity index (χ1n) is 8.51. The number of nitrogens with one attached hydrogen (secondary N) is 3. The van der Waals surface area contributed by atoms with Crippen LogP contribution in [0.2, 0.25) is 0 Å². The molecule has 8 nitrogen and oxygen atoms in total. The number of esters is 1. The van der Waals surface area contributed by atoms with E-state index in [0.717, 1.165) is 0 Å². The highest BCUT2D eigenvalue weighted by molar-refractivity contribution is 5.94. The molecule has 142 valence electrons. The van der Waals surface area contributed by atoms with E-state index in [4.69, 9.17) is 14.2 Å². The van der Waals surface area contributed by atoms with Gasteiger partial charge in [-0.05, 0) is 26.0 Å². The van der Waals surface area contributed by atoms with Crippen LogP contribution in [-0.2, 0) is 9.53 Å². The Kier molecular flexibility index (Phi) is 7.28. The lowest BCUT2D eigenvalue weighted by atomic mass is 10.0. The Balaban J connectivity index is 1.90. The number of para-hydroxylation sites is 2. The summed E-state index contributed by atoms with van der Waals surface area (Å²) >= 11 is 0. The average Bonchev–Trinajstić information content (AvgIpc) is 2.61. The number of ether oxygens (including phenoxy) is 3. The van der Waals surface area contributed by atoms with Crippen molar-refractivity contribution in [1.29, 1.82) is 0 Å². The van der Waals surface area contributed by atoms with Crippen molar-refractivity contribution in [3.8, 4) is 11.5 Å². The zero-order valence-electron chi connectivity index (χ0n) is 15.3. The van der Waals surface area contributed by atoms with Gasteiger partial charge in [0.1, 0.15) is 6.61 Å². The van der Waals surface area contributed by atoms with Crippen molar-refractivity contribution in [3.63, 3.8) is 0 Å². The molecular weight excluding hydrogens is 338 g/mol. The standard InChI is InChI=1S/C18H25N3O5/c1-4-25-17(22)16-12(2)20-18(23)21-13(16)11-19-9-10-26-15-8-6-5-7-14(15)24-3/h5-8,12,19H,4,9-11H2,1-3H3,(H2,20,21,23)/t12-/m0/s1. The highest BCUT2D eigenvalue weighted by Crippen LogP contribution is 2.25. The summed E-state index contributed by atoms with van der Waals surface area (Å²) < 4.78 is 16.0. The summed E-state index contributed by atoms with van der Waals surface area (Å²) in [5, 5.41) is 8.48. The number of rotatable bonds is 9. The molecule has 3 N–H and O–H groups in total. The molecule has 8 heteroatoms. The fourth-order valence-electron chi connectivity index (χ4n) is 2.60. The highest BCUT2D eigenvalue weighted by atomic mass is 16.5. The molecule has 26 heavy (non-hydrogen) atoms. The number of benzene rings is 1. The largest absolute Gasteiger partial charge is 0.493 e. The summed E-state index contributed by atoms with van der Waals surface area (Å²) in [6.07, 6.45) is 0. The van der Waals surface area contributed by atoms with Gasteiger partial charge in [-0.2, -0.15) is 0 Å². The van der Waals surface area contributed by atoms with E-state index in [2.05, 4.69) is 16.0 Å². The fraction of sp³-hybridized carbons (Fsp3) is 0.444. The maximum atomic E-state index is 12.1. The molecule has 0 radical (unpaired) electrons. The van der Waals surface area contributed by atoms with Gasteiger partial charge in [0.2, 0.25) is 0 Å². The van der Waals surface area contributed by atoms with E-state index in [9.17, 15) is 9.59 Å². The molecule has 0 fully saturated rings. The Bertz CT molecular complexity index is 675. The third-order valence-electron chi connectivity index (χ3n) is 3.77. The lowest BCUT2D eigenvalue weighted by Crippen LogP contribution is -2.51. The Morgan fingerprint density at radius 2 is 2.00 bits per heavy atom. The van der Waals surface area contributed by atoms with E-state index in [1.807, 2.05) is 24.3 Å². The van der Waals surface area contributed by atoms with Gasteiger partial charge in [-0.1, -0.05) is 12.1 Å². The van der Waals surface area contributed by atoms with Gasteiger partial charge in [0.25, 0.3) is 0 Å². The van der Waals surface area contributed by atoms with Crippen LogP contribution in [0.4, 0.5) is 4.79 Å². The third-order valence-corrected chi connectivity index (χ3v) is 3.77. The molecule has 2 amide bonds. The molecule has 1 aromatic carbocycles. The molecule has 2 rings (SSSR count). The summed E-state index contributed by atoms with van der Waals surface area (Å²) in [7, 11) is 1.59. The molecule has 0 saturated carbocycles. The number of hydrogen-bond acceptors (Lipinski definition) is 6. The van der Waals surface area contributed by atoms with Gasteiger partial charge in [-0.3, -0.25) is 0 Å². The average molecular weight is 363 g/mol. The van der Waals surface area contributed by atoms with Crippen molar-refractivity contribution in [2.24, 2.45) is 0 Å². The monoisotopic (exact) mass is 363 g/mol. The van der Waals surface area contributed by atoms with Crippen LogP contribution in [0.1, 0.15) is 13.8 Å². The number of hydrogen-bond donors (Lipinski definition) is 3. The summed E-state index contributed by atoms with van der Waals surface area (Å²) in [4.78, 5) is 23.8. The van der Waals surface area contributed by atoms with Gasteiger partial charge in [0.15, 0.2) is 11.5 Å². The topological polar surface area (TPSA) is 97.9 Å². The van der Waals surface area contributed by atoms with Crippen LogP contribution in [0.3, 0.4) is 0 Å². The molecule has 0 unspecified atom stereocenters. The zero-order valence-corrected chi connectivity index (χ0v) is 15.3. The first kappa shape index (κ1) is 19.6. The number of carbonyl (C=O) groups excluding carboxylic acids is 2. The van der Waals surface area contributed by atoms with Crippen LogP contribution < -0.4 is 25.4 Å². The molecule has 1 heterocycles. The smallest absolute Gasteiger partial charge is 0.337 e. The van der Waals surface area contributed by atoms with Crippen LogP contribution in [0, 0.1) is 0 Å². The highest BCUT2D eigenvalue weighted by Gasteiger charge is 2.29. The zero-order chi connectivity index (χ0) is 18.9. The second-order valence-corrected chi connectivity index (χ2v) is 5.61. The molecule has 0 saturated heterocycles. The van der Waals surface area contributed by atoms with E-state index in [-0.39, 0.29) is 12.6 Å². The second-order valence-electron chi connectivity index (χ2n) is 5.61. The molecular formula is C18H25N3O5. The van der Waals surface area contributed by atoms with Gasteiger partial charge >= 0.3 is 12.0 Å². The molecule has 0 bridgehead atoms. The van der Waals surface area contributed by atoms with Crippen LogP contribution >= 0.6 is 0 Å². The summed E-state index contributed by atoms with van der Waals surface area (Å²) in [5.74, 6) is 0.890. The predicted molar refractivity (Wildman–Crippen MR) is 96.1 cm³/mol. The predicted octanol–water partition coefficient (Wildman–Crippen LogP) is 1.18. The van der Waals surface area contributed by atoms with Gasteiger partial charge < -0.3 is 30.2 Å². The SMILES string of the molecule is CCOC(=O)C1=C(CNCCOc2ccccc2OC)NC(=O)N[C@H]1C. The normalized spacial score (nSPS) is 16.6. The van der Waals surface area contributed by atoms with Crippen molar-refractivity contribution in [2.45, 2.75) is 19.9 Å². The van der Waals surface area contributed by atoms with Crippen molar-refractivity contribution in [3.05, 3.63) is 35.5 Å². The maximum Gasteiger partial charge on any atom is 0.337 e. The number of carbonyl (C=O) groups is 2. The van der Waals surface area contributed by atoms with Crippen LogP contribution in [0.15, 0.2) is 35.5 Å². The van der Waals surface area contributed by atoms with E-state index in [0.29, 0.717) is 42.5 Å². The van der Waals surface area contributed by atoms with Crippen molar-refractivity contribution < 1.29 is 23.8 Å². The molecule has 1 aliphatic rings. The van der Waals surface area contributed by atoms with Gasteiger partial charge in [0.05, 0.1) is 25.3 Å². The van der Waals surface area contributed by atoms with Crippen LogP contribution in [-0.4, -0.2) is 51.5 Å². The van der Waals surface area contributed by atoms with Crippen molar-refractivity contribution in [2.75, 3.05) is 33.4 Å². The van der Waals surface area contributed by atoms with E-state index < -0.39 is 12.0 Å². The maximum absolute atomic E-state index is 12.1. The van der Waals surface area contributed by atoms with Gasteiger partial charge in [-0.15, -0.1) is 0 Å². The number of methoxy groups -OCH3 is 1. The molecule has 0 spiro atoms. The third kappa shape index (κ3) is 5.13. The molecule has 1 aromatic rings. The Morgan fingerprint density at radius 3 is 2.69 bits per heavy atom. The van der Waals surface area contributed by atoms with Crippen molar-refractivity contribution in [1.82, 2.24) is 16.0 Å². The quantitative estimate of drug-likeness (QED) is 0.450. The number of urea groups is 1. The van der Waals surface area contributed by atoms with E-state index in [1.165, 1.54) is 0 Å². The summed E-state index contributed by atoms with van der Waals surface area (Å²) in [5.41, 5.74) is 0.932. The van der Waals surface area contributed by atoms with E-state index >= 15 is 0 Å². The molecule has 1 atom stereocenters. The Morgan fingerprint density at radius 1 is 1.27 bits per heavy atom. The van der Waals surface area contributed by atoms with E-state index in [1.54, 1.807) is 21.0 Å². The van der Waals surface area contributed by atoms with Crippen LogP contribution in [0.25, 0.3) is 0 Å². The second kappa shape index (κ2) is 9.67. The minimum atomic E-state index is -0.436. The first-order chi connectivity index (χ1) is 12.6. The Labute approximate surface area is 152 Å².